The van der Waals surface area contributed by atoms with E-state index in [2.05, 4.69) is 36.4 Å². The van der Waals surface area contributed by atoms with Gasteiger partial charge in [0.2, 0.25) is 5.13 Å². The molecule has 1 aliphatic heterocycles. The van der Waals surface area contributed by atoms with E-state index in [4.69, 9.17) is 0 Å². The first-order valence-electron chi connectivity index (χ1n) is 7.24. The fraction of sp³-hybridized carbons (Fsp3) is 0.571. The fourth-order valence-electron chi connectivity index (χ4n) is 2.64. The molecule has 0 bridgehead atoms. The summed E-state index contributed by atoms with van der Waals surface area (Å²) in [5, 5.41) is 13.6. The minimum absolute atomic E-state index is 0.470. The van der Waals surface area contributed by atoms with Gasteiger partial charge in [0, 0.05) is 30.9 Å². The van der Waals surface area contributed by atoms with Gasteiger partial charge in [0.1, 0.15) is 16.6 Å². The summed E-state index contributed by atoms with van der Waals surface area (Å²) in [5.74, 6) is 1.89. The summed E-state index contributed by atoms with van der Waals surface area (Å²) in [4.78, 5) is 11.2. The molecule has 1 saturated heterocycles. The Hall–Kier alpha value is -1.76. The van der Waals surface area contributed by atoms with Crippen LogP contribution in [0.25, 0.3) is 0 Å². The van der Waals surface area contributed by atoms with Crippen LogP contribution >= 0.6 is 11.3 Å². The second kappa shape index (κ2) is 5.93. The zero-order valence-electron chi connectivity index (χ0n) is 12.6. The van der Waals surface area contributed by atoms with Crippen molar-refractivity contribution in [2.24, 2.45) is 0 Å². The van der Waals surface area contributed by atoms with Crippen molar-refractivity contribution in [1.29, 1.82) is 0 Å². The lowest BCUT2D eigenvalue weighted by atomic mass is 10.1. The lowest BCUT2D eigenvalue weighted by molar-refractivity contribution is 0.522. The average molecular weight is 304 g/mol. The van der Waals surface area contributed by atoms with E-state index in [0.29, 0.717) is 6.04 Å². The summed E-state index contributed by atoms with van der Waals surface area (Å²) in [7, 11) is 0. The highest BCUT2D eigenvalue weighted by Crippen LogP contribution is 2.22. The van der Waals surface area contributed by atoms with E-state index < -0.39 is 0 Å². The van der Waals surface area contributed by atoms with Gasteiger partial charge in [-0.2, -0.15) is 0 Å². The number of nitrogens with one attached hydrogen (secondary N) is 1. The van der Waals surface area contributed by atoms with E-state index in [1.165, 1.54) is 0 Å². The molecule has 112 valence electrons. The van der Waals surface area contributed by atoms with Crippen LogP contribution in [0, 0.1) is 20.8 Å². The Labute approximate surface area is 128 Å². The molecule has 0 aliphatic carbocycles. The van der Waals surface area contributed by atoms with Crippen LogP contribution in [0.2, 0.25) is 0 Å². The van der Waals surface area contributed by atoms with Gasteiger partial charge in [-0.3, -0.25) is 0 Å². The highest BCUT2D eigenvalue weighted by molar-refractivity contribution is 7.15. The normalized spacial score (nSPS) is 16.2. The van der Waals surface area contributed by atoms with Crippen LogP contribution in [0.5, 0.6) is 0 Å². The van der Waals surface area contributed by atoms with Crippen LogP contribution in [0.4, 0.5) is 10.9 Å². The van der Waals surface area contributed by atoms with Gasteiger partial charge in [0.05, 0.1) is 0 Å². The second-order valence-corrected chi connectivity index (χ2v) is 6.63. The van der Waals surface area contributed by atoms with Crippen molar-refractivity contribution in [2.75, 3.05) is 23.3 Å². The van der Waals surface area contributed by atoms with E-state index in [1.54, 1.807) is 11.3 Å². The lowest BCUT2D eigenvalue weighted by Gasteiger charge is -2.33. The van der Waals surface area contributed by atoms with Gasteiger partial charge < -0.3 is 10.2 Å². The molecule has 21 heavy (non-hydrogen) atoms. The van der Waals surface area contributed by atoms with Crippen molar-refractivity contribution < 1.29 is 0 Å². The number of hydrogen-bond donors (Lipinski definition) is 1. The Balaban J connectivity index is 1.59. The van der Waals surface area contributed by atoms with E-state index >= 15 is 0 Å². The first-order chi connectivity index (χ1) is 10.1. The van der Waals surface area contributed by atoms with Crippen LogP contribution in [-0.2, 0) is 0 Å². The van der Waals surface area contributed by atoms with E-state index in [9.17, 15) is 0 Å². The van der Waals surface area contributed by atoms with E-state index in [1.807, 2.05) is 20.8 Å². The molecule has 7 heteroatoms. The zero-order valence-corrected chi connectivity index (χ0v) is 13.4. The summed E-state index contributed by atoms with van der Waals surface area (Å²) < 4.78 is 0. The summed E-state index contributed by atoms with van der Waals surface area (Å²) >= 11 is 1.61. The molecule has 1 aliphatic rings. The molecule has 1 fully saturated rings. The molecule has 0 saturated carbocycles. The van der Waals surface area contributed by atoms with Crippen molar-refractivity contribution >= 4 is 22.3 Å². The molecule has 6 nitrogen and oxygen atoms in total. The van der Waals surface area contributed by atoms with Gasteiger partial charge >= 0.3 is 0 Å². The Kier molecular flexibility index (Phi) is 4.01. The molecule has 3 rings (SSSR count). The molecule has 0 amide bonds. The molecule has 1 N–H and O–H groups in total. The molecular formula is C14H20N6S. The molecule has 3 heterocycles. The first-order valence-corrected chi connectivity index (χ1v) is 8.05. The number of rotatable bonds is 3. The molecule has 0 spiro atoms. The van der Waals surface area contributed by atoms with Gasteiger partial charge in [-0.1, -0.05) is 11.3 Å². The van der Waals surface area contributed by atoms with Gasteiger partial charge in [-0.25, -0.2) is 9.97 Å². The standard InChI is InChI=1S/C14H20N6S/c1-9-8-13(16-10(2)15-9)20-6-4-12(5-7-20)17-14-19-18-11(3)21-14/h8,12H,4-7H2,1-3H3,(H,17,19). The summed E-state index contributed by atoms with van der Waals surface area (Å²) in [6, 6.07) is 2.53. The number of nitrogens with zero attached hydrogens (tertiary/aromatic N) is 5. The third kappa shape index (κ3) is 3.47. The lowest BCUT2D eigenvalue weighted by Crippen LogP contribution is -2.39. The highest BCUT2D eigenvalue weighted by atomic mass is 32.1. The molecular weight excluding hydrogens is 284 g/mol. The van der Waals surface area contributed by atoms with E-state index in [0.717, 1.165) is 53.4 Å². The maximum Gasteiger partial charge on any atom is 0.205 e. The molecule has 2 aromatic rings. The SMILES string of the molecule is Cc1cc(N2CCC(Nc3nnc(C)s3)CC2)nc(C)n1. The average Bonchev–Trinajstić information content (AvgIpc) is 2.84. The van der Waals surface area contributed by atoms with Crippen molar-refractivity contribution in [3.8, 4) is 0 Å². The van der Waals surface area contributed by atoms with Crippen LogP contribution in [0.3, 0.4) is 0 Å². The second-order valence-electron chi connectivity index (χ2n) is 5.45. The third-order valence-electron chi connectivity index (χ3n) is 3.63. The van der Waals surface area contributed by atoms with Gasteiger partial charge in [0.25, 0.3) is 0 Å². The predicted molar refractivity (Wildman–Crippen MR) is 85.0 cm³/mol. The molecule has 0 radical (unpaired) electrons. The molecule has 2 aromatic heterocycles. The number of aromatic nitrogens is 4. The van der Waals surface area contributed by atoms with Gasteiger partial charge in [-0.05, 0) is 33.6 Å². The van der Waals surface area contributed by atoms with Crippen LogP contribution in [0.15, 0.2) is 6.07 Å². The molecule has 0 unspecified atom stereocenters. The van der Waals surface area contributed by atoms with E-state index in [-0.39, 0.29) is 0 Å². The van der Waals surface area contributed by atoms with Crippen molar-refractivity contribution in [3.05, 3.63) is 22.6 Å². The van der Waals surface area contributed by atoms with Crippen molar-refractivity contribution in [3.63, 3.8) is 0 Å². The maximum atomic E-state index is 4.54. The maximum absolute atomic E-state index is 4.54. The Bertz CT molecular complexity index is 597. The van der Waals surface area contributed by atoms with Crippen LogP contribution in [-0.4, -0.2) is 39.3 Å². The monoisotopic (exact) mass is 304 g/mol. The van der Waals surface area contributed by atoms with Gasteiger partial charge in [0.15, 0.2) is 0 Å². The van der Waals surface area contributed by atoms with Crippen molar-refractivity contribution in [1.82, 2.24) is 20.2 Å². The summed E-state index contributed by atoms with van der Waals surface area (Å²) in [6.45, 7) is 7.95. The number of anilines is 2. The predicted octanol–water partition coefficient (Wildman–Crippen LogP) is 2.33. The smallest absolute Gasteiger partial charge is 0.205 e. The Morgan fingerprint density at radius 1 is 1.14 bits per heavy atom. The third-order valence-corrected chi connectivity index (χ3v) is 4.39. The minimum Gasteiger partial charge on any atom is -0.357 e. The number of aryl methyl sites for hydroxylation is 3. The molecule has 0 atom stereocenters. The Morgan fingerprint density at radius 2 is 1.90 bits per heavy atom. The quantitative estimate of drug-likeness (QED) is 0.939. The van der Waals surface area contributed by atoms with Crippen molar-refractivity contribution in [2.45, 2.75) is 39.7 Å². The zero-order chi connectivity index (χ0) is 14.8. The summed E-state index contributed by atoms with van der Waals surface area (Å²) in [6.07, 6.45) is 2.17. The topological polar surface area (TPSA) is 66.8 Å². The summed E-state index contributed by atoms with van der Waals surface area (Å²) in [5.41, 5.74) is 1.03. The van der Waals surface area contributed by atoms with Crippen LogP contribution < -0.4 is 10.2 Å². The number of piperidine rings is 1. The van der Waals surface area contributed by atoms with Gasteiger partial charge in [-0.15, -0.1) is 10.2 Å². The Morgan fingerprint density at radius 3 is 2.52 bits per heavy atom. The minimum atomic E-state index is 0.470. The fourth-order valence-corrected chi connectivity index (χ4v) is 3.31. The highest BCUT2D eigenvalue weighted by Gasteiger charge is 2.21. The number of hydrogen-bond acceptors (Lipinski definition) is 7. The largest absolute Gasteiger partial charge is 0.357 e. The van der Waals surface area contributed by atoms with Crippen LogP contribution in [0.1, 0.15) is 29.4 Å². The first kappa shape index (κ1) is 14.2. The molecule has 0 aromatic carbocycles.